The van der Waals surface area contributed by atoms with Gasteiger partial charge in [0, 0.05) is 7.11 Å². The SMILES string of the molecule is C#C.CN.CO.C[C@H](/C=C/CC(C)(C)O)C1CCC2/C(=C/C=C3/CCCC(O)C3)CCC[C@@]21C. The van der Waals surface area contributed by atoms with Gasteiger partial charge < -0.3 is 21.1 Å². The second-order valence-corrected chi connectivity index (χ2v) is 10.7. The average Bonchev–Trinajstić information content (AvgIpc) is 3.18. The second kappa shape index (κ2) is 16.3. The highest BCUT2D eigenvalue weighted by Gasteiger charge is 2.50. The molecular formula is C30H53NO3. The summed E-state index contributed by atoms with van der Waals surface area (Å²) < 4.78 is 0. The first-order chi connectivity index (χ1) is 16.2. The van der Waals surface area contributed by atoms with Crippen molar-refractivity contribution in [1.82, 2.24) is 0 Å². The van der Waals surface area contributed by atoms with E-state index >= 15 is 0 Å². The molecule has 0 saturated heterocycles. The lowest BCUT2D eigenvalue weighted by Crippen LogP contribution is -2.35. The Bertz CT molecular complexity index is 670. The Morgan fingerprint density at radius 2 is 1.74 bits per heavy atom. The van der Waals surface area contributed by atoms with E-state index in [9.17, 15) is 10.2 Å². The Hall–Kier alpha value is -1.38. The van der Waals surface area contributed by atoms with Crippen LogP contribution in [0.25, 0.3) is 0 Å². The van der Waals surface area contributed by atoms with Crippen molar-refractivity contribution in [2.75, 3.05) is 14.2 Å². The zero-order valence-electron chi connectivity index (χ0n) is 22.8. The minimum absolute atomic E-state index is 0.123. The summed E-state index contributed by atoms with van der Waals surface area (Å²) in [6, 6.07) is 0. The van der Waals surface area contributed by atoms with Crippen molar-refractivity contribution in [2.45, 2.75) is 104 Å². The van der Waals surface area contributed by atoms with Crippen LogP contribution in [0.15, 0.2) is 35.5 Å². The van der Waals surface area contributed by atoms with Crippen LogP contribution in [0, 0.1) is 36.0 Å². The van der Waals surface area contributed by atoms with Crippen molar-refractivity contribution < 1.29 is 15.3 Å². The van der Waals surface area contributed by atoms with Crippen LogP contribution in [0.5, 0.6) is 0 Å². The van der Waals surface area contributed by atoms with Crippen LogP contribution in [-0.2, 0) is 0 Å². The Morgan fingerprint density at radius 1 is 1.09 bits per heavy atom. The lowest BCUT2D eigenvalue weighted by molar-refractivity contribution is 0.0832. The average molecular weight is 476 g/mol. The first kappa shape index (κ1) is 32.6. The Kier molecular flexibility index (Phi) is 15.7. The Morgan fingerprint density at radius 3 is 2.32 bits per heavy atom. The summed E-state index contributed by atoms with van der Waals surface area (Å²) in [7, 11) is 2.50. The zero-order chi connectivity index (χ0) is 26.4. The van der Waals surface area contributed by atoms with Crippen molar-refractivity contribution in [1.29, 1.82) is 0 Å². The van der Waals surface area contributed by atoms with Crippen LogP contribution in [0.1, 0.15) is 91.9 Å². The van der Waals surface area contributed by atoms with Gasteiger partial charge in [-0.05, 0) is 108 Å². The summed E-state index contributed by atoms with van der Waals surface area (Å²) in [6.07, 6.45) is 28.6. The molecule has 0 aromatic carbocycles. The van der Waals surface area contributed by atoms with Gasteiger partial charge in [-0.3, -0.25) is 0 Å². The molecule has 3 rings (SSSR count). The number of terminal acetylenes is 1. The molecule has 0 aromatic rings. The van der Waals surface area contributed by atoms with Crippen LogP contribution in [0.4, 0.5) is 0 Å². The van der Waals surface area contributed by atoms with E-state index in [2.05, 4.69) is 56.7 Å². The first-order valence-corrected chi connectivity index (χ1v) is 13.0. The summed E-state index contributed by atoms with van der Waals surface area (Å²) in [5.41, 5.74) is 7.40. The van der Waals surface area contributed by atoms with E-state index < -0.39 is 5.60 Å². The Balaban J connectivity index is 0.00000168. The van der Waals surface area contributed by atoms with Gasteiger partial charge in [0.2, 0.25) is 0 Å². The van der Waals surface area contributed by atoms with E-state index in [1.807, 2.05) is 13.8 Å². The lowest BCUT2D eigenvalue weighted by Gasteiger charge is -2.44. The largest absolute Gasteiger partial charge is 0.400 e. The van der Waals surface area contributed by atoms with Crippen LogP contribution in [0.2, 0.25) is 0 Å². The predicted molar refractivity (Wildman–Crippen MR) is 146 cm³/mol. The number of rotatable bonds is 5. The van der Waals surface area contributed by atoms with Crippen molar-refractivity contribution in [2.24, 2.45) is 28.9 Å². The molecule has 3 unspecified atom stereocenters. The molecule has 3 aliphatic rings. The lowest BCUT2D eigenvalue weighted by atomic mass is 9.61. The summed E-state index contributed by atoms with van der Waals surface area (Å²) in [5.74, 6) is 2.04. The third-order valence-corrected chi connectivity index (χ3v) is 7.80. The van der Waals surface area contributed by atoms with E-state index in [1.165, 1.54) is 44.7 Å². The zero-order valence-corrected chi connectivity index (χ0v) is 22.8. The molecule has 4 heteroatoms. The highest BCUT2D eigenvalue weighted by molar-refractivity contribution is 5.26. The highest BCUT2D eigenvalue weighted by atomic mass is 16.3. The number of hydrogen-bond donors (Lipinski definition) is 4. The molecule has 0 radical (unpaired) electrons. The van der Waals surface area contributed by atoms with Gasteiger partial charge in [0.1, 0.15) is 0 Å². The number of allylic oxidation sites excluding steroid dienone is 4. The van der Waals surface area contributed by atoms with Gasteiger partial charge in [0.25, 0.3) is 0 Å². The molecule has 0 aliphatic heterocycles. The first-order valence-electron chi connectivity index (χ1n) is 13.0. The molecule has 0 spiro atoms. The van der Waals surface area contributed by atoms with Crippen molar-refractivity contribution in [3.63, 3.8) is 0 Å². The van der Waals surface area contributed by atoms with E-state index in [1.54, 1.807) is 5.57 Å². The molecular weight excluding hydrogens is 422 g/mol. The quantitative estimate of drug-likeness (QED) is 0.300. The molecule has 3 fully saturated rings. The fourth-order valence-electron chi connectivity index (χ4n) is 6.30. The van der Waals surface area contributed by atoms with E-state index in [4.69, 9.17) is 5.11 Å². The number of aliphatic hydroxyl groups is 3. The van der Waals surface area contributed by atoms with E-state index in [-0.39, 0.29) is 6.10 Å². The molecule has 5 N–H and O–H groups in total. The molecule has 3 aliphatic carbocycles. The third kappa shape index (κ3) is 9.70. The van der Waals surface area contributed by atoms with Crippen LogP contribution < -0.4 is 5.73 Å². The monoisotopic (exact) mass is 475 g/mol. The van der Waals surface area contributed by atoms with Crippen LogP contribution in [-0.4, -0.2) is 41.2 Å². The molecule has 0 heterocycles. The summed E-state index contributed by atoms with van der Waals surface area (Å²) in [4.78, 5) is 0. The standard InChI is InChI=1S/C26H42O2.C2H2.CH5N.CH4O/c1-19(8-6-16-25(2,3)28)23-14-15-24-21(10-7-17-26(23,24)4)13-12-20-9-5-11-22(27)18-20;3*1-2/h6,8,12-13,19,22-24,27-28H,5,7,9-11,14-18H2,1-4H3;1-2H;2H2,1H3;2H,1H3/b8-6+,20-12-,21-13+;;;/t19-,22?,23?,24?,26-;;;/m1.../s1. The highest BCUT2D eigenvalue weighted by Crippen LogP contribution is 2.59. The number of hydrogen-bond acceptors (Lipinski definition) is 4. The van der Waals surface area contributed by atoms with E-state index in [0.29, 0.717) is 11.3 Å². The molecule has 4 nitrogen and oxygen atoms in total. The number of aliphatic hydroxyl groups excluding tert-OH is 2. The Labute approximate surface area is 210 Å². The van der Waals surface area contributed by atoms with Crippen molar-refractivity contribution >= 4 is 0 Å². The predicted octanol–water partition coefficient (Wildman–Crippen LogP) is 5.78. The van der Waals surface area contributed by atoms with Gasteiger partial charge in [0.15, 0.2) is 0 Å². The second-order valence-electron chi connectivity index (χ2n) is 10.7. The fraction of sp³-hybridized carbons (Fsp3) is 0.733. The normalized spacial score (nSPS) is 31.9. The summed E-state index contributed by atoms with van der Waals surface area (Å²) in [6.45, 7) is 8.68. The van der Waals surface area contributed by atoms with Gasteiger partial charge >= 0.3 is 0 Å². The molecule has 3 saturated carbocycles. The molecule has 0 bridgehead atoms. The molecule has 34 heavy (non-hydrogen) atoms. The maximum atomic E-state index is 9.97. The minimum atomic E-state index is -0.612. The van der Waals surface area contributed by atoms with Crippen molar-refractivity contribution in [3.8, 4) is 12.8 Å². The smallest absolute Gasteiger partial charge is 0.0626 e. The van der Waals surface area contributed by atoms with Gasteiger partial charge in [-0.1, -0.05) is 49.3 Å². The fourth-order valence-corrected chi connectivity index (χ4v) is 6.30. The summed E-state index contributed by atoms with van der Waals surface area (Å²) >= 11 is 0. The topological polar surface area (TPSA) is 86.7 Å². The number of fused-ring (bicyclic) bond motifs is 1. The summed E-state index contributed by atoms with van der Waals surface area (Å²) in [5, 5.41) is 26.9. The molecule has 0 amide bonds. The van der Waals surface area contributed by atoms with Crippen LogP contribution >= 0.6 is 0 Å². The minimum Gasteiger partial charge on any atom is -0.400 e. The van der Waals surface area contributed by atoms with Crippen molar-refractivity contribution in [3.05, 3.63) is 35.5 Å². The number of nitrogens with two attached hydrogens (primary N) is 1. The maximum absolute atomic E-state index is 9.97. The third-order valence-electron chi connectivity index (χ3n) is 7.80. The van der Waals surface area contributed by atoms with Gasteiger partial charge in [0.05, 0.1) is 11.7 Å². The van der Waals surface area contributed by atoms with Gasteiger partial charge in [-0.25, -0.2) is 0 Å². The molecule has 0 aromatic heterocycles. The van der Waals surface area contributed by atoms with Gasteiger partial charge in [-0.15, -0.1) is 12.8 Å². The van der Waals surface area contributed by atoms with Gasteiger partial charge in [-0.2, -0.15) is 0 Å². The maximum Gasteiger partial charge on any atom is 0.0626 e. The van der Waals surface area contributed by atoms with E-state index in [0.717, 1.165) is 51.0 Å². The molecule has 5 atom stereocenters. The van der Waals surface area contributed by atoms with Crippen LogP contribution in [0.3, 0.4) is 0 Å². The molecule has 196 valence electrons.